The van der Waals surface area contributed by atoms with Gasteiger partial charge in [-0.3, -0.25) is 9.78 Å². The molecule has 0 aliphatic carbocycles. The molecular weight excluding hydrogens is 368 g/mol. The summed E-state index contributed by atoms with van der Waals surface area (Å²) < 4.78 is 0. The highest BCUT2D eigenvalue weighted by atomic mass is 35.5. The molecule has 0 aliphatic rings. The second-order valence-corrected chi connectivity index (χ2v) is 7.35. The second kappa shape index (κ2) is 10.0. The van der Waals surface area contributed by atoms with Crippen LogP contribution in [-0.4, -0.2) is 15.8 Å². The van der Waals surface area contributed by atoms with Gasteiger partial charge in [0.15, 0.2) is 0 Å². The molecule has 0 atom stereocenters. The number of nitrogens with zero attached hydrogens (tertiary/aromatic N) is 2. The maximum absolute atomic E-state index is 13.0. The average molecular weight is 393 g/mol. The molecule has 0 bridgehead atoms. The highest BCUT2D eigenvalue weighted by Gasteiger charge is 2.15. The first kappa shape index (κ1) is 20.1. The molecule has 1 amide bonds. The van der Waals surface area contributed by atoms with Crippen LogP contribution in [0.15, 0.2) is 73.1 Å². The third kappa shape index (κ3) is 5.93. The number of amides is 1. The van der Waals surface area contributed by atoms with E-state index < -0.39 is 0 Å². The zero-order chi connectivity index (χ0) is 19.8. The number of benzene rings is 2. The summed E-state index contributed by atoms with van der Waals surface area (Å²) in [4.78, 5) is 19.1. The molecule has 2 aromatic carbocycles. The summed E-state index contributed by atoms with van der Waals surface area (Å²) in [6.07, 6.45) is 5.71. The average Bonchev–Trinajstić information content (AvgIpc) is 2.73. The summed E-state index contributed by atoms with van der Waals surface area (Å²) in [5, 5.41) is 0.702. The first-order chi connectivity index (χ1) is 13.6. The van der Waals surface area contributed by atoms with Crippen LogP contribution in [0, 0.1) is 0 Å². The van der Waals surface area contributed by atoms with Gasteiger partial charge in [0, 0.05) is 36.9 Å². The molecule has 3 rings (SSSR count). The lowest BCUT2D eigenvalue weighted by Crippen LogP contribution is -2.30. The zero-order valence-electron chi connectivity index (χ0n) is 16.1. The molecular formula is C24H25ClN2O. The van der Waals surface area contributed by atoms with Gasteiger partial charge in [-0.25, -0.2) is 0 Å². The van der Waals surface area contributed by atoms with Gasteiger partial charge in [0.2, 0.25) is 5.91 Å². The van der Waals surface area contributed by atoms with Crippen LogP contribution in [0.25, 0.3) is 0 Å². The van der Waals surface area contributed by atoms with Crippen molar-refractivity contribution in [2.75, 3.05) is 0 Å². The molecule has 0 aliphatic heterocycles. The van der Waals surface area contributed by atoms with Crippen molar-refractivity contribution in [3.63, 3.8) is 0 Å². The standard InChI is InChI=1S/C24H25ClN2O/c1-2-19-8-10-21(11-9-19)17-27(18-22-6-4-14-26-16-22)24(28)13-12-20-5-3-7-23(25)15-20/h3-11,14-16H,2,12-13,17-18H2,1H3. The summed E-state index contributed by atoms with van der Waals surface area (Å²) in [7, 11) is 0. The van der Waals surface area contributed by atoms with Gasteiger partial charge in [0.25, 0.3) is 0 Å². The lowest BCUT2D eigenvalue weighted by Gasteiger charge is -2.23. The highest BCUT2D eigenvalue weighted by Crippen LogP contribution is 2.16. The van der Waals surface area contributed by atoms with Crippen LogP contribution < -0.4 is 0 Å². The number of hydrogen-bond acceptors (Lipinski definition) is 2. The van der Waals surface area contributed by atoms with E-state index >= 15 is 0 Å². The number of aryl methyl sites for hydroxylation is 2. The van der Waals surface area contributed by atoms with E-state index in [1.165, 1.54) is 5.56 Å². The molecule has 28 heavy (non-hydrogen) atoms. The van der Waals surface area contributed by atoms with Crippen molar-refractivity contribution in [1.29, 1.82) is 0 Å². The number of carbonyl (C=O) groups is 1. The first-order valence-corrected chi connectivity index (χ1v) is 10.0. The van der Waals surface area contributed by atoms with Crippen LogP contribution in [0.4, 0.5) is 0 Å². The van der Waals surface area contributed by atoms with Crippen molar-refractivity contribution in [2.45, 2.75) is 39.3 Å². The van der Waals surface area contributed by atoms with Gasteiger partial charge in [-0.05, 0) is 53.3 Å². The second-order valence-electron chi connectivity index (χ2n) is 6.91. The predicted molar refractivity (Wildman–Crippen MR) is 114 cm³/mol. The van der Waals surface area contributed by atoms with Crippen LogP contribution in [0.1, 0.15) is 35.6 Å². The Morgan fingerprint density at radius 1 is 0.929 bits per heavy atom. The third-order valence-corrected chi connectivity index (χ3v) is 5.01. The molecule has 0 N–H and O–H groups in total. The highest BCUT2D eigenvalue weighted by molar-refractivity contribution is 6.30. The van der Waals surface area contributed by atoms with E-state index in [9.17, 15) is 4.79 Å². The molecule has 0 saturated heterocycles. The summed E-state index contributed by atoms with van der Waals surface area (Å²) in [5.41, 5.74) is 4.55. The van der Waals surface area contributed by atoms with Gasteiger partial charge < -0.3 is 4.90 Å². The van der Waals surface area contributed by atoms with Crippen LogP contribution in [-0.2, 0) is 30.7 Å². The van der Waals surface area contributed by atoms with E-state index in [-0.39, 0.29) is 5.91 Å². The van der Waals surface area contributed by atoms with Gasteiger partial charge in [0.05, 0.1) is 0 Å². The van der Waals surface area contributed by atoms with Crippen molar-refractivity contribution in [1.82, 2.24) is 9.88 Å². The predicted octanol–water partition coefficient (Wildman–Crippen LogP) is 5.46. The van der Waals surface area contributed by atoms with Crippen LogP contribution in [0.3, 0.4) is 0 Å². The number of rotatable bonds is 8. The Balaban J connectivity index is 1.71. The summed E-state index contributed by atoms with van der Waals surface area (Å²) in [6, 6.07) is 20.1. The maximum atomic E-state index is 13.0. The van der Waals surface area contributed by atoms with E-state index in [2.05, 4.69) is 36.2 Å². The smallest absolute Gasteiger partial charge is 0.223 e. The number of aromatic nitrogens is 1. The minimum Gasteiger partial charge on any atom is -0.334 e. The van der Waals surface area contributed by atoms with E-state index in [1.54, 1.807) is 6.20 Å². The van der Waals surface area contributed by atoms with E-state index in [0.29, 0.717) is 31.0 Å². The van der Waals surface area contributed by atoms with Gasteiger partial charge in [-0.1, -0.05) is 61.0 Å². The van der Waals surface area contributed by atoms with Crippen LogP contribution in [0.5, 0.6) is 0 Å². The molecule has 0 radical (unpaired) electrons. The minimum atomic E-state index is 0.128. The quantitative estimate of drug-likeness (QED) is 0.510. The Labute approximate surface area is 172 Å². The zero-order valence-corrected chi connectivity index (χ0v) is 16.9. The summed E-state index contributed by atoms with van der Waals surface area (Å²) in [5.74, 6) is 0.128. The molecule has 0 fully saturated rings. The van der Waals surface area contributed by atoms with E-state index in [1.807, 2.05) is 47.5 Å². The molecule has 3 nitrogen and oxygen atoms in total. The monoisotopic (exact) mass is 392 g/mol. The van der Waals surface area contributed by atoms with E-state index in [4.69, 9.17) is 11.6 Å². The molecule has 1 aromatic heterocycles. The topological polar surface area (TPSA) is 33.2 Å². The summed E-state index contributed by atoms with van der Waals surface area (Å²) in [6.45, 7) is 3.29. The number of pyridine rings is 1. The third-order valence-electron chi connectivity index (χ3n) is 4.77. The van der Waals surface area contributed by atoms with Gasteiger partial charge in [-0.15, -0.1) is 0 Å². The maximum Gasteiger partial charge on any atom is 0.223 e. The lowest BCUT2D eigenvalue weighted by atomic mass is 10.1. The molecule has 0 spiro atoms. The normalized spacial score (nSPS) is 10.6. The molecule has 4 heteroatoms. The van der Waals surface area contributed by atoms with Crippen molar-refractivity contribution in [2.24, 2.45) is 0 Å². The molecule has 0 unspecified atom stereocenters. The fourth-order valence-corrected chi connectivity index (χ4v) is 3.36. The van der Waals surface area contributed by atoms with Crippen LogP contribution >= 0.6 is 11.6 Å². The largest absolute Gasteiger partial charge is 0.334 e. The van der Waals surface area contributed by atoms with Crippen molar-refractivity contribution in [3.05, 3.63) is 100 Å². The number of halogens is 1. The molecule has 144 valence electrons. The number of hydrogen-bond donors (Lipinski definition) is 0. The molecule has 3 aromatic rings. The summed E-state index contributed by atoms with van der Waals surface area (Å²) >= 11 is 6.06. The van der Waals surface area contributed by atoms with Gasteiger partial charge >= 0.3 is 0 Å². The van der Waals surface area contributed by atoms with Crippen molar-refractivity contribution >= 4 is 17.5 Å². The van der Waals surface area contributed by atoms with Gasteiger partial charge in [0.1, 0.15) is 0 Å². The Bertz CT molecular complexity index is 894. The Morgan fingerprint density at radius 3 is 2.32 bits per heavy atom. The number of carbonyl (C=O) groups excluding carboxylic acids is 1. The Kier molecular flexibility index (Phi) is 7.21. The first-order valence-electron chi connectivity index (χ1n) is 9.63. The fourth-order valence-electron chi connectivity index (χ4n) is 3.15. The van der Waals surface area contributed by atoms with Crippen molar-refractivity contribution in [3.8, 4) is 0 Å². The fraction of sp³-hybridized carbons (Fsp3) is 0.250. The van der Waals surface area contributed by atoms with E-state index in [0.717, 1.165) is 23.1 Å². The van der Waals surface area contributed by atoms with Crippen molar-refractivity contribution < 1.29 is 4.79 Å². The Morgan fingerprint density at radius 2 is 1.64 bits per heavy atom. The lowest BCUT2D eigenvalue weighted by molar-refractivity contribution is -0.132. The van der Waals surface area contributed by atoms with Gasteiger partial charge in [-0.2, -0.15) is 0 Å². The minimum absolute atomic E-state index is 0.128. The van der Waals surface area contributed by atoms with Crippen LogP contribution in [0.2, 0.25) is 5.02 Å². The molecule has 0 saturated carbocycles. The Hall–Kier alpha value is -2.65. The SMILES string of the molecule is CCc1ccc(CN(Cc2cccnc2)C(=O)CCc2cccc(Cl)c2)cc1. The molecule has 1 heterocycles.